The molecule has 5 rings (SSSR count). The molecule has 2 aromatic heterocycles. The summed E-state index contributed by atoms with van der Waals surface area (Å²) in [6.07, 6.45) is 1.20. The molecule has 2 heterocycles. The fourth-order valence-corrected chi connectivity index (χ4v) is 4.84. The first-order valence-electron chi connectivity index (χ1n) is 11.8. The standard InChI is InChI=1S/C31H19ClF2N4O/c1-30(33,34)28-13-11-22(18-37-28)31(39,20-8-5-9-23(32)14-20)21-10-12-26-24(15-21)25(16-35)29(27(17-36)38-26)19-6-3-2-4-7-19/h2-15,18,39H,1H3. The maximum absolute atomic E-state index is 13.9. The van der Waals surface area contributed by atoms with Gasteiger partial charge in [0.1, 0.15) is 29.1 Å². The Hall–Kier alpha value is -4.69. The molecule has 0 saturated heterocycles. The van der Waals surface area contributed by atoms with Crippen molar-refractivity contribution >= 4 is 22.5 Å². The van der Waals surface area contributed by atoms with E-state index in [0.717, 1.165) is 6.92 Å². The Morgan fingerprint density at radius 1 is 0.846 bits per heavy atom. The van der Waals surface area contributed by atoms with Crippen molar-refractivity contribution in [2.24, 2.45) is 0 Å². The highest BCUT2D eigenvalue weighted by atomic mass is 35.5. The van der Waals surface area contributed by atoms with Crippen LogP contribution in [0.3, 0.4) is 0 Å². The maximum Gasteiger partial charge on any atom is 0.286 e. The second-order valence-electron chi connectivity index (χ2n) is 9.07. The summed E-state index contributed by atoms with van der Waals surface area (Å²) >= 11 is 6.27. The largest absolute Gasteiger partial charge is 0.376 e. The maximum atomic E-state index is 13.9. The number of nitrogens with zero attached hydrogens (tertiary/aromatic N) is 4. The van der Waals surface area contributed by atoms with E-state index in [9.17, 15) is 24.4 Å². The van der Waals surface area contributed by atoms with Crippen LogP contribution in [-0.2, 0) is 11.5 Å². The van der Waals surface area contributed by atoms with Crippen molar-refractivity contribution in [1.82, 2.24) is 9.97 Å². The van der Waals surface area contributed by atoms with Gasteiger partial charge in [0.05, 0.1) is 11.1 Å². The van der Waals surface area contributed by atoms with Gasteiger partial charge >= 0.3 is 0 Å². The van der Waals surface area contributed by atoms with Gasteiger partial charge in [-0.25, -0.2) is 4.98 Å². The molecule has 0 bridgehead atoms. The van der Waals surface area contributed by atoms with Crippen LogP contribution in [0.5, 0.6) is 0 Å². The van der Waals surface area contributed by atoms with Gasteiger partial charge in [0.25, 0.3) is 5.92 Å². The van der Waals surface area contributed by atoms with Gasteiger partial charge in [-0.1, -0.05) is 66.2 Å². The van der Waals surface area contributed by atoms with Gasteiger partial charge in [-0.2, -0.15) is 19.3 Å². The predicted molar refractivity (Wildman–Crippen MR) is 144 cm³/mol. The fourth-order valence-electron chi connectivity index (χ4n) is 4.65. The second kappa shape index (κ2) is 9.89. The molecule has 0 amide bonds. The number of hydrogen-bond donors (Lipinski definition) is 1. The molecule has 0 radical (unpaired) electrons. The lowest BCUT2D eigenvalue weighted by Gasteiger charge is -2.30. The Labute approximate surface area is 228 Å². The molecule has 39 heavy (non-hydrogen) atoms. The van der Waals surface area contributed by atoms with Crippen molar-refractivity contribution in [3.8, 4) is 23.3 Å². The van der Waals surface area contributed by atoms with E-state index in [2.05, 4.69) is 22.1 Å². The summed E-state index contributed by atoms with van der Waals surface area (Å²) in [4.78, 5) is 8.41. The number of rotatable bonds is 5. The number of pyridine rings is 2. The van der Waals surface area contributed by atoms with Gasteiger partial charge in [0.2, 0.25) is 0 Å². The fraction of sp³-hybridized carbons (Fsp3) is 0.0968. The van der Waals surface area contributed by atoms with Crippen LogP contribution in [0.4, 0.5) is 8.78 Å². The molecular weight excluding hydrogens is 518 g/mol. The van der Waals surface area contributed by atoms with Crippen LogP contribution in [0, 0.1) is 22.7 Å². The van der Waals surface area contributed by atoms with E-state index in [1.165, 1.54) is 18.3 Å². The van der Waals surface area contributed by atoms with Crippen LogP contribution < -0.4 is 0 Å². The Morgan fingerprint density at radius 2 is 1.56 bits per heavy atom. The molecule has 5 aromatic rings. The molecule has 0 aliphatic rings. The third-order valence-electron chi connectivity index (χ3n) is 6.56. The first-order valence-corrected chi connectivity index (χ1v) is 12.2. The topological polar surface area (TPSA) is 93.6 Å². The molecule has 1 unspecified atom stereocenters. The lowest BCUT2D eigenvalue weighted by molar-refractivity contribution is 0.0125. The van der Waals surface area contributed by atoms with Crippen molar-refractivity contribution in [1.29, 1.82) is 10.5 Å². The first-order chi connectivity index (χ1) is 18.7. The number of halogens is 3. The molecule has 190 valence electrons. The van der Waals surface area contributed by atoms with Gasteiger partial charge in [0, 0.05) is 34.7 Å². The number of alkyl halides is 2. The Balaban J connectivity index is 1.81. The molecule has 0 aliphatic heterocycles. The van der Waals surface area contributed by atoms with Crippen LogP contribution in [0.15, 0.2) is 91.1 Å². The van der Waals surface area contributed by atoms with Crippen molar-refractivity contribution in [3.05, 3.63) is 130 Å². The minimum atomic E-state index is -3.16. The van der Waals surface area contributed by atoms with Crippen LogP contribution >= 0.6 is 11.6 Å². The summed E-state index contributed by atoms with van der Waals surface area (Å²) in [7, 11) is 0. The average molecular weight is 537 g/mol. The summed E-state index contributed by atoms with van der Waals surface area (Å²) < 4.78 is 27.8. The lowest BCUT2D eigenvalue weighted by atomic mass is 9.80. The summed E-state index contributed by atoms with van der Waals surface area (Å²) in [5.41, 5.74) is 0.350. The minimum Gasteiger partial charge on any atom is -0.376 e. The zero-order chi connectivity index (χ0) is 27.8. The molecule has 8 heteroatoms. The highest BCUT2D eigenvalue weighted by Gasteiger charge is 2.36. The van der Waals surface area contributed by atoms with Gasteiger partial charge in [0.15, 0.2) is 0 Å². The summed E-state index contributed by atoms with van der Waals surface area (Å²) in [6.45, 7) is 0.748. The Kier molecular flexibility index (Phi) is 6.57. The number of nitriles is 2. The molecule has 0 fully saturated rings. The third-order valence-corrected chi connectivity index (χ3v) is 6.79. The number of hydrogen-bond acceptors (Lipinski definition) is 5. The summed E-state index contributed by atoms with van der Waals surface area (Å²) in [5.74, 6) is -3.16. The zero-order valence-electron chi connectivity index (χ0n) is 20.5. The van der Waals surface area contributed by atoms with Gasteiger partial charge in [-0.15, -0.1) is 0 Å². The highest BCUT2D eigenvalue weighted by molar-refractivity contribution is 6.30. The van der Waals surface area contributed by atoms with E-state index in [0.29, 0.717) is 38.2 Å². The number of benzene rings is 3. The molecule has 0 saturated carbocycles. The van der Waals surface area contributed by atoms with E-state index in [1.54, 1.807) is 66.7 Å². The molecule has 1 atom stereocenters. The molecule has 3 aromatic carbocycles. The minimum absolute atomic E-state index is 0.100. The number of aliphatic hydroxyl groups is 1. The van der Waals surface area contributed by atoms with Crippen molar-refractivity contribution in [3.63, 3.8) is 0 Å². The smallest absolute Gasteiger partial charge is 0.286 e. The van der Waals surface area contributed by atoms with Gasteiger partial charge < -0.3 is 5.11 Å². The van der Waals surface area contributed by atoms with Crippen LogP contribution in [0.1, 0.15) is 40.6 Å². The van der Waals surface area contributed by atoms with Gasteiger partial charge in [-0.3, -0.25) is 4.98 Å². The van der Waals surface area contributed by atoms with Crippen molar-refractivity contribution in [2.45, 2.75) is 18.4 Å². The van der Waals surface area contributed by atoms with E-state index in [-0.39, 0.29) is 16.8 Å². The number of fused-ring (bicyclic) bond motifs is 1. The van der Waals surface area contributed by atoms with E-state index in [1.807, 2.05) is 6.07 Å². The first kappa shape index (κ1) is 25.9. The van der Waals surface area contributed by atoms with Gasteiger partial charge in [-0.05, 0) is 47.0 Å². The molecular formula is C31H19ClF2N4O. The zero-order valence-corrected chi connectivity index (χ0v) is 21.3. The Morgan fingerprint density at radius 3 is 2.18 bits per heavy atom. The Bertz CT molecular complexity index is 1790. The summed E-state index contributed by atoms with van der Waals surface area (Å²) in [6, 6.07) is 27.3. The van der Waals surface area contributed by atoms with Crippen molar-refractivity contribution < 1.29 is 13.9 Å². The van der Waals surface area contributed by atoms with Crippen LogP contribution in [0.2, 0.25) is 5.02 Å². The lowest BCUT2D eigenvalue weighted by Crippen LogP contribution is -2.29. The third kappa shape index (κ3) is 4.59. The molecule has 0 aliphatic carbocycles. The SMILES string of the molecule is CC(F)(F)c1ccc(C(O)(c2cccc(Cl)c2)c2ccc3nc(C#N)c(-c4ccccc4)c(C#N)c3c2)cn1. The average Bonchev–Trinajstić information content (AvgIpc) is 2.95. The number of aromatic nitrogens is 2. The van der Waals surface area contributed by atoms with Crippen LogP contribution in [-0.4, -0.2) is 15.1 Å². The molecule has 1 N–H and O–H groups in total. The van der Waals surface area contributed by atoms with Crippen molar-refractivity contribution in [2.75, 3.05) is 0 Å². The van der Waals surface area contributed by atoms with Crippen LogP contribution in [0.25, 0.3) is 22.0 Å². The molecule has 0 spiro atoms. The van der Waals surface area contributed by atoms with E-state index < -0.39 is 17.2 Å². The highest BCUT2D eigenvalue weighted by Crippen LogP contribution is 2.40. The monoisotopic (exact) mass is 536 g/mol. The quantitative estimate of drug-likeness (QED) is 0.259. The normalized spacial score (nSPS) is 12.9. The van der Waals surface area contributed by atoms with E-state index >= 15 is 0 Å². The van der Waals surface area contributed by atoms with E-state index in [4.69, 9.17) is 11.6 Å². The predicted octanol–water partition coefficient (Wildman–Crippen LogP) is 7.09. The molecule has 5 nitrogen and oxygen atoms in total. The second-order valence-corrected chi connectivity index (χ2v) is 9.51. The summed E-state index contributed by atoms with van der Waals surface area (Å²) in [5, 5.41) is 33.1.